The van der Waals surface area contributed by atoms with Crippen molar-refractivity contribution in [2.45, 2.75) is 13.0 Å². The van der Waals surface area contributed by atoms with Crippen LogP contribution in [0.2, 0.25) is 10.0 Å². The Morgan fingerprint density at radius 3 is 2.75 bits per heavy atom. The monoisotopic (exact) mass is 256 g/mol. The highest BCUT2D eigenvalue weighted by atomic mass is 35.5. The van der Waals surface area contributed by atoms with Gasteiger partial charge in [-0.05, 0) is 19.1 Å². The summed E-state index contributed by atoms with van der Waals surface area (Å²) in [6.07, 6.45) is 1.59. The third kappa shape index (κ3) is 2.07. The Kier molecular flexibility index (Phi) is 3.19. The molecule has 0 bridgehead atoms. The summed E-state index contributed by atoms with van der Waals surface area (Å²) in [5.41, 5.74) is 6.37. The Bertz CT molecular complexity index is 508. The van der Waals surface area contributed by atoms with Crippen molar-refractivity contribution in [3.63, 3.8) is 0 Å². The van der Waals surface area contributed by atoms with Crippen molar-refractivity contribution in [2.75, 3.05) is 0 Å². The van der Waals surface area contributed by atoms with E-state index in [2.05, 4.69) is 4.98 Å². The summed E-state index contributed by atoms with van der Waals surface area (Å²) in [5, 5.41) is 0.939. The maximum atomic E-state index is 6.07. The molecular weight excluding hydrogens is 247 g/mol. The van der Waals surface area contributed by atoms with E-state index in [9.17, 15) is 0 Å². The number of hydrogen-bond donors (Lipinski definition) is 1. The van der Waals surface area contributed by atoms with Crippen molar-refractivity contribution < 1.29 is 4.42 Å². The molecule has 1 aromatic carbocycles. The lowest BCUT2D eigenvalue weighted by Gasteiger charge is -2.02. The maximum Gasteiger partial charge on any atom is 0.211 e. The SMILES string of the molecule is CC(N)c1ncc(-c2cccc(Cl)c2Cl)o1. The van der Waals surface area contributed by atoms with Crippen LogP contribution in [0.5, 0.6) is 0 Å². The van der Waals surface area contributed by atoms with Crippen LogP contribution in [-0.4, -0.2) is 4.98 Å². The van der Waals surface area contributed by atoms with E-state index in [1.54, 1.807) is 25.3 Å². The number of nitrogens with two attached hydrogens (primary N) is 1. The van der Waals surface area contributed by atoms with Crippen LogP contribution < -0.4 is 5.73 Å². The largest absolute Gasteiger partial charge is 0.439 e. The molecule has 0 spiro atoms. The van der Waals surface area contributed by atoms with Gasteiger partial charge in [0.25, 0.3) is 0 Å². The zero-order valence-electron chi connectivity index (χ0n) is 8.58. The summed E-state index contributed by atoms with van der Waals surface area (Å²) < 4.78 is 5.49. The van der Waals surface area contributed by atoms with Crippen molar-refractivity contribution in [3.05, 3.63) is 40.3 Å². The van der Waals surface area contributed by atoms with E-state index < -0.39 is 0 Å². The van der Waals surface area contributed by atoms with E-state index in [1.807, 2.05) is 6.07 Å². The average molecular weight is 257 g/mol. The molecule has 1 heterocycles. The van der Waals surface area contributed by atoms with Crippen LogP contribution in [0, 0.1) is 0 Å². The highest BCUT2D eigenvalue weighted by Gasteiger charge is 2.13. The topological polar surface area (TPSA) is 52.0 Å². The Morgan fingerprint density at radius 1 is 1.38 bits per heavy atom. The quantitative estimate of drug-likeness (QED) is 0.892. The Balaban J connectivity index is 2.47. The fourth-order valence-electron chi connectivity index (χ4n) is 1.32. The molecule has 0 aliphatic rings. The predicted molar refractivity (Wildman–Crippen MR) is 64.6 cm³/mol. The van der Waals surface area contributed by atoms with E-state index >= 15 is 0 Å². The first-order valence-corrected chi connectivity index (χ1v) is 5.51. The van der Waals surface area contributed by atoms with Crippen LogP contribution in [0.15, 0.2) is 28.8 Å². The van der Waals surface area contributed by atoms with E-state index in [4.69, 9.17) is 33.4 Å². The minimum Gasteiger partial charge on any atom is -0.439 e. The Hall–Kier alpha value is -1.03. The van der Waals surface area contributed by atoms with Gasteiger partial charge in [0.1, 0.15) is 0 Å². The number of hydrogen-bond acceptors (Lipinski definition) is 3. The first-order chi connectivity index (χ1) is 7.59. The third-order valence-electron chi connectivity index (χ3n) is 2.13. The summed E-state index contributed by atoms with van der Waals surface area (Å²) in [5.74, 6) is 1.05. The summed E-state index contributed by atoms with van der Waals surface area (Å²) in [4.78, 5) is 4.07. The van der Waals surface area contributed by atoms with Crippen molar-refractivity contribution in [2.24, 2.45) is 5.73 Å². The van der Waals surface area contributed by atoms with Gasteiger partial charge in [0.15, 0.2) is 5.76 Å². The van der Waals surface area contributed by atoms with Crippen molar-refractivity contribution in [3.8, 4) is 11.3 Å². The molecule has 0 saturated carbocycles. The zero-order valence-corrected chi connectivity index (χ0v) is 10.1. The third-order valence-corrected chi connectivity index (χ3v) is 2.95. The normalized spacial score (nSPS) is 12.8. The lowest BCUT2D eigenvalue weighted by molar-refractivity contribution is 0.474. The molecule has 0 radical (unpaired) electrons. The first-order valence-electron chi connectivity index (χ1n) is 4.75. The van der Waals surface area contributed by atoms with Crippen molar-refractivity contribution in [1.29, 1.82) is 0 Å². The molecule has 2 aromatic rings. The Morgan fingerprint density at radius 2 is 2.12 bits per heavy atom. The standard InChI is InChI=1S/C11H10Cl2N2O/c1-6(14)11-15-5-9(16-11)7-3-2-4-8(12)10(7)13/h2-6H,14H2,1H3. The number of nitrogens with zero attached hydrogens (tertiary/aromatic N) is 1. The molecule has 1 unspecified atom stereocenters. The fraction of sp³-hybridized carbons (Fsp3) is 0.182. The summed E-state index contributed by atoms with van der Waals surface area (Å²) in [6, 6.07) is 5.10. The minimum atomic E-state index is -0.244. The highest BCUT2D eigenvalue weighted by molar-refractivity contribution is 6.43. The predicted octanol–water partition coefficient (Wildman–Crippen LogP) is 3.67. The van der Waals surface area contributed by atoms with Crippen LogP contribution in [-0.2, 0) is 0 Å². The van der Waals surface area contributed by atoms with Gasteiger partial charge in [-0.3, -0.25) is 0 Å². The van der Waals surface area contributed by atoms with Gasteiger partial charge in [-0.15, -0.1) is 0 Å². The van der Waals surface area contributed by atoms with Gasteiger partial charge in [-0.1, -0.05) is 29.3 Å². The van der Waals surface area contributed by atoms with Crippen LogP contribution >= 0.6 is 23.2 Å². The molecule has 0 fully saturated rings. The minimum absolute atomic E-state index is 0.244. The zero-order chi connectivity index (χ0) is 11.7. The van der Waals surface area contributed by atoms with Crippen molar-refractivity contribution in [1.82, 2.24) is 4.98 Å². The summed E-state index contributed by atoms with van der Waals surface area (Å²) in [7, 11) is 0. The maximum absolute atomic E-state index is 6.07. The van der Waals surface area contributed by atoms with Gasteiger partial charge >= 0.3 is 0 Å². The van der Waals surface area contributed by atoms with Gasteiger partial charge in [0.2, 0.25) is 5.89 Å². The molecule has 5 heteroatoms. The molecule has 2 rings (SSSR count). The van der Waals surface area contributed by atoms with Gasteiger partial charge in [-0.2, -0.15) is 0 Å². The highest BCUT2D eigenvalue weighted by Crippen LogP contribution is 2.34. The number of halogens is 2. The molecule has 2 N–H and O–H groups in total. The van der Waals surface area contributed by atoms with E-state index in [0.29, 0.717) is 27.3 Å². The second-order valence-corrected chi connectivity index (χ2v) is 4.24. The molecule has 84 valence electrons. The second-order valence-electron chi connectivity index (χ2n) is 3.45. The fourth-order valence-corrected chi connectivity index (χ4v) is 1.71. The van der Waals surface area contributed by atoms with Crippen LogP contribution in [0.4, 0.5) is 0 Å². The van der Waals surface area contributed by atoms with Gasteiger partial charge < -0.3 is 10.2 Å². The second kappa shape index (κ2) is 4.45. The van der Waals surface area contributed by atoms with Gasteiger partial charge in [0.05, 0.1) is 22.3 Å². The summed E-state index contributed by atoms with van der Waals surface area (Å²) in [6.45, 7) is 1.80. The first kappa shape index (κ1) is 11.5. The molecule has 16 heavy (non-hydrogen) atoms. The van der Waals surface area contributed by atoms with Crippen LogP contribution in [0.1, 0.15) is 18.9 Å². The van der Waals surface area contributed by atoms with Crippen molar-refractivity contribution >= 4 is 23.2 Å². The number of benzene rings is 1. The number of aromatic nitrogens is 1. The number of oxazole rings is 1. The van der Waals surface area contributed by atoms with Gasteiger partial charge in [0, 0.05) is 5.56 Å². The molecule has 1 aromatic heterocycles. The van der Waals surface area contributed by atoms with E-state index in [0.717, 1.165) is 0 Å². The average Bonchev–Trinajstić information content (AvgIpc) is 2.71. The molecule has 1 atom stereocenters. The van der Waals surface area contributed by atoms with Crippen LogP contribution in [0.25, 0.3) is 11.3 Å². The number of rotatable bonds is 2. The Labute approximate surface area is 103 Å². The molecule has 3 nitrogen and oxygen atoms in total. The summed E-state index contributed by atoms with van der Waals surface area (Å²) >= 11 is 12.0. The van der Waals surface area contributed by atoms with E-state index in [-0.39, 0.29) is 6.04 Å². The lowest BCUT2D eigenvalue weighted by atomic mass is 10.2. The molecule has 0 amide bonds. The smallest absolute Gasteiger partial charge is 0.211 e. The lowest BCUT2D eigenvalue weighted by Crippen LogP contribution is -2.04. The molecule has 0 saturated heterocycles. The molecular formula is C11H10Cl2N2O. The van der Waals surface area contributed by atoms with Crippen LogP contribution in [0.3, 0.4) is 0 Å². The molecule has 0 aliphatic heterocycles. The molecule has 0 aliphatic carbocycles. The van der Waals surface area contributed by atoms with E-state index in [1.165, 1.54) is 0 Å². The van der Waals surface area contributed by atoms with Gasteiger partial charge in [-0.25, -0.2) is 4.98 Å².